The molecule has 2 amide bonds. The maximum atomic E-state index is 12.2. The maximum Gasteiger partial charge on any atom is 0.282 e. The largest absolute Gasteiger partial charge is 0.369 e. The monoisotopic (exact) mass is 177 g/mol. The number of carbonyl (C=O) groups is 2. The lowest BCUT2D eigenvalue weighted by atomic mass is 10.1. The number of nitrogens with zero attached hydrogens (tertiary/aromatic N) is 1. The SMILES string of the molecule is NC(=O)[CH]C(=O)N1CC(F)(F)C1. The highest BCUT2D eigenvalue weighted by molar-refractivity contribution is 6.07. The zero-order valence-electron chi connectivity index (χ0n) is 6.09. The van der Waals surface area contributed by atoms with Gasteiger partial charge >= 0.3 is 0 Å². The van der Waals surface area contributed by atoms with E-state index in [1.165, 1.54) is 0 Å². The summed E-state index contributed by atoms with van der Waals surface area (Å²) in [5, 5.41) is 0. The predicted octanol–water partition coefficient (Wildman–Crippen LogP) is -0.847. The minimum Gasteiger partial charge on any atom is -0.369 e. The van der Waals surface area contributed by atoms with Crippen molar-refractivity contribution in [1.82, 2.24) is 4.90 Å². The molecule has 0 aromatic rings. The van der Waals surface area contributed by atoms with Crippen LogP contribution in [0.15, 0.2) is 0 Å². The van der Waals surface area contributed by atoms with Crippen LogP contribution in [0.25, 0.3) is 0 Å². The second-order valence-electron chi connectivity index (χ2n) is 2.60. The van der Waals surface area contributed by atoms with Crippen molar-refractivity contribution in [2.75, 3.05) is 13.1 Å². The number of halogens is 2. The van der Waals surface area contributed by atoms with Crippen molar-refractivity contribution in [3.05, 3.63) is 6.42 Å². The number of hydrogen-bond donors (Lipinski definition) is 1. The van der Waals surface area contributed by atoms with Crippen LogP contribution in [0.4, 0.5) is 8.78 Å². The van der Waals surface area contributed by atoms with Crippen molar-refractivity contribution in [2.45, 2.75) is 5.92 Å². The van der Waals surface area contributed by atoms with E-state index in [9.17, 15) is 18.4 Å². The third-order valence-corrected chi connectivity index (χ3v) is 1.42. The van der Waals surface area contributed by atoms with Gasteiger partial charge in [-0.1, -0.05) is 0 Å². The fourth-order valence-corrected chi connectivity index (χ4v) is 0.881. The Bertz CT molecular complexity index is 222. The molecule has 0 spiro atoms. The lowest BCUT2D eigenvalue weighted by Gasteiger charge is -2.38. The lowest BCUT2D eigenvalue weighted by molar-refractivity contribution is -0.162. The van der Waals surface area contributed by atoms with E-state index >= 15 is 0 Å². The molecule has 0 bridgehead atoms. The van der Waals surface area contributed by atoms with Crippen LogP contribution in [-0.4, -0.2) is 35.7 Å². The lowest BCUT2D eigenvalue weighted by Crippen LogP contribution is -2.59. The minimum atomic E-state index is -2.80. The van der Waals surface area contributed by atoms with Crippen LogP contribution >= 0.6 is 0 Å². The number of primary amides is 1. The van der Waals surface area contributed by atoms with Gasteiger partial charge in [0.05, 0.1) is 13.1 Å². The molecule has 1 aliphatic heterocycles. The third-order valence-electron chi connectivity index (χ3n) is 1.42. The van der Waals surface area contributed by atoms with Gasteiger partial charge in [0.1, 0.15) is 6.42 Å². The fraction of sp³-hybridized carbons (Fsp3) is 0.500. The first-order chi connectivity index (χ1) is 5.41. The van der Waals surface area contributed by atoms with Gasteiger partial charge in [0, 0.05) is 0 Å². The Balaban J connectivity index is 2.33. The smallest absolute Gasteiger partial charge is 0.282 e. The van der Waals surface area contributed by atoms with E-state index in [1.807, 2.05) is 0 Å². The average molecular weight is 177 g/mol. The molecule has 0 saturated carbocycles. The van der Waals surface area contributed by atoms with Gasteiger partial charge < -0.3 is 10.6 Å². The van der Waals surface area contributed by atoms with Crippen LogP contribution in [0, 0.1) is 6.42 Å². The van der Waals surface area contributed by atoms with Crippen LogP contribution in [0.5, 0.6) is 0 Å². The molecule has 6 heteroatoms. The summed E-state index contributed by atoms with van der Waals surface area (Å²) >= 11 is 0. The molecule has 67 valence electrons. The molecule has 0 atom stereocenters. The van der Waals surface area contributed by atoms with E-state index in [1.54, 1.807) is 0 Å². The number of alkyl halides is 2. The number of amides is 2. The van der Waals surface area contributed by atoms with Crippen LogP contribution in [-0.2, 0) is 9.59 Å². The van der Waals surface area contributed by atoms with E-state index < -0.39 is 30.8 Å². The van der Waals surface area contributed by atoms with Crippen molar-refractivity contribution in [3.63, 3.8) is 0 Å². The Morgan fingerprint density at radius 3 is 2.25 bits per heavy atom. The molecule has 1 rings (SSSR count). The number of nitrogens with two attached hydrogens (primary N) is 1. The summed E-state index contributed by atoms with van der Waals surface area (Å²) in [7, 11) is 0. The molecule has 0 aromatic heterocycles. The molecule has 2 N–H and O–H groups in total. The highest BCUT2D eigenvalue weighted by atomic mass is 19.3. The molecule has 4 nitrogen and oxygen atoms in total. The molecular formula is C6H7F2N2O2. The van der Waals surface area contributed by atoms with Gasteiger partial charge in [0.15, 0.2) is 0 Å². The molecule has 1 heterocycles. The zero-order chi connectivity index (χ0) is 9.35. The molecule has 0 aliphatic carbocycles. The summed E-state index contributed by atoms with van der Waals surface area (Å²) in [6.45, 7) is -1.26. The Morgan fingerprint density at radius 2 is 1.92 bits per heavy atom. The summed E-state index contributed by atoms with van der Waals surface area (Å²) in [6.07, 6.45) is 0.592. The van der Waals surface area contributed by atoms with Gasteiger partial charge in [-0.25, -0.2) is 8.78 Å². The fourth-order valence-electron chi connectivity index (χ4n) is 0.881. The van der Waals surface area contributed by atoms with Gasteiger partial charge in [0.2, 0.25) is 11.8 Å². The number of likely N-dealkylation sites (tertiary alicyclic amines) is 1. The summed E-state index contributed by atoms with van der Waals surface area (Å²) in [4.78, 5) is 21.8. The summed E-state index contributed by atoms with van der Waals surface area (Å²) in [6, 6.07) is 0. The van der Waals surface area contributed by atoms with Crippen molar-refractivity contribution in [3.8, 4) is 0 Å². The van der Waals surface area contributed by atoms with Crippen molar-refractivity contribution in [2.24, 2.45) is 5.73 Å². The predicted molar refractivity (Wildman–Crippen MR) is 35.0 cm³/mol. The first-order valence-electron chi connectivity index (χ1n) is 3.22. The maximum absolute atomic E-state index is 12.2. The first kappa shape index (κ1) is 8.89. The first-order valence-corrected chi connectivity index (χ1v) is 3.22. The molecule has 0 aromatic carbocycles. The third kappa shape index (κ3) is 1.90. The molecule has 12 heavy (non-hydrogen) atoms. The molecular weight excluding hydrogens is 170 g/mol. The quantitative estimate of drug-likeness (QED) is 0.558. The van der Waals surface area contributed by atoms with Crippen LogP contribution in [0.1, 0.15) is 0 Å². The molecule has 1 aliphatic rings. The van der Waals surface area contributed by atoms with Crippen molar-refractivity contribution < 1.29 is 18.4 Å². The zero-order valence-corrected chi connectivity index (χ0v) is 6.09. The summed E-state index contributed by atoms with van der Waals surface area (Å²) < 4.78 is 24.3. The normalized spacial score (nSPS) is 20.0. The highest BCUT2D eigenvalue weighted by Gasteiger charge is 2.46. The summed E-state index contributed by atoms with van der Waals surface area (Å²) in [5.41, 5.74) is 4.65. The molecule has 1 radical (unpaired) electrons. The Hall–Kier alpha value is -1.20. The van der Waals surface area contributed by atoms with Gasteiger partial charge in [-0.3, -0.25) is 9.59 Å². The van der Waals surface area contributed by atoms with Crippen LogP contribution < -0.4 is 5.73 Å². The Labute approximate surface area is 67.3 Å². The van der Waals surface area contributed by atoms with Crippen molar-refractivity contribution >= 4 is 11.8 Å². The van der Waals surface area contributed by atoms with E-state index in [0.29, 0.717) is 6.42 Å². The van der Waals surface area contributed by atoms with Gasteiger partial charge in [-0.15, -0.1) is 0 Å². The highest BCUT2D eigenvalue weighted by Crippen LogP contribution is 2.26. The average Bonchev–Trinajstić information content (AvgIpc) is 1.80. The van der Waals surface area contributed by atoms with Gasteiger partial charge in [-0.05, 0) is 0 Å². The minimum absolute atomic E-state index is 0.592. The number of rotatable bonds is 2. The molecule has 1 fully saturated rings. The van der Waals surface area contributed by atoms with Crippen LogP contribution in [0.3, 0.4) is 0 Å². The summed E-state index contributed by atoms with van der Waals surface area (Å²) in [5.74, 6) is -4.48. The van der Waals surface area contributed by atoms with Gasteiger partial charge in [-0.2, -0.15) is 0 Å². The number of carbonyl (C=O) groups excluding carboxylic acids is 2. The second-order valence-corrected chi connectivity index (χ2v) is 2.60. The van der Waals surface area contributed by atoms with E-state index in [-0.39, 0.29) is 0 Å². The topological polar surface area (TPSA) is 63.4 Å². The molecule has 0 unspecified atom stereocenters. The van der Waals surface area contributed by atoms with E-state index in [2.05, 4.69) is 5.73 Å². The van der Waals surface area contributed by atoms with Gasteiger partial charge in [0.25, 0.3) is 5.92 Å². The van der Waals surface area contributed by atoms with E-state index in [4.69, 9.17) is 0 Å². The number of hydrogen-bond acceptors (Lipinski definition) is 2. The Kier molecular flexibility index (Phi) is 1.99. The van der Waals surface area contributed by atoms with Crippen LogP contribution in [0.2, 0.25) is 0 Å². The second kappa shape index (κ2) is 2.69. The Morgan fingerprint density at radius 1 is 1.42 bits per heavy atom. The van der Waals surface area contributed by atoms with E-state index in [0.717, 1.165) is 4.90 Å². The standard InChI is InChI=1S/C6H7F2N2O2/c7-6(8)2-10(3-6)5(12)1-4(9)11/h1H,2-3H2,(H2,9,11). The molecule has 1 saturated heterocycles. The van der Waals surface area contributed by atoms with Crippen molar-refractivity contribution in [1.29, 1.82) is 0 Å².